The van der Waals surface area contributed by atoms with Crippen LogP contribution in [0.4, 0.5) is 0 Å². The van der Waals surface area contributed by atoms with Gasteiger partial charge >= 0.3 is 0 Å². The number of nitrogens with zero attached hydrogens (tertiary/aromatic N) is 4. The number of benzene rings is 3. The molecule has 0 radical (unpaired) electrons. The van der Waals surface area contributed by atoms with E-state index in [-0.39, 0.29) is 25.1 Å². The number of aromatic nitrogens is 2. The molecule has 1 aliphatic rings. The predicted molar refractivity (Wildman–Crippen MR) is 136 cm³/mol. The van der Waals surface area contributed by atoms with Crippen molar-refractivity contribution in [2.75, 3.05) is 19.7 Å². The Morgan fingerprint density at radius 1 is 0.914 bits per heavy atom. The topological polar surface area (TPSA) is 82.8 Å². The van der Waals surface area contributed by atoms with Gasteiger partial charge in [-0.2, -0.15) is 10.2 Å². The molecule has 35 heavy (non-hydrogen) atoms. The molecule has 3 aromatic carbocycles. The molecule has 1 aliphatic heterocycles. The Morgan fingerprint density at radius 2 is 1.54 bits per heavy atom. The van der Waals surface area contributed by atoms with Gasteiger partial charge in [0, 0.05) is 30.3 Å². The first-order chi connectivity index (χ1) is 17.2. The second-order valence-electron chi connectivity index (χ2n) is 8.35. The summed E-state index contributed by atoms with van der Waals surface area (Å²) in [6.45, 7) is 0.411. The van der Waals surface area contributed by atoms with E-state index in [0.717, 1.165) is 33.8 Å². The van der Waals surface area contributed by atoms with Gasteiger partial charge in [-0.15, -0.1) is 0 Å². The van der Waals surface area contributed by atoms with Gasteiger partial charge in [0.05, 0.1) is 36.3 Å². The molecule has 0 fully saturated rings. The highest BCUT2D eigenvalue weighted by Crippen LogP contribution is 2.38. The van der Waals surface area contributed by atoms with Gasteiger partial charge < -0.3 is 10.4 Å². The van der Waals surface area contributed by atoms with Crippen LogP contribution < -0.4 is 5.32 Å². The Morgan fingerprint density at radius 3 is 2.20 bits per heavy atom. The number of rotatable bonds is 8. The fraction of sp³-hybridized carbons (Fsp3) is 0.179. The van der Waals surface area contributed by atoms with Crippen LogP contribution in [0.15, 0.2) is 102 Å². The van der Waals surface area contributed by atoms with E-state index in [2.05, 4.69) is 5.32 Å². The van der Waals surface area contributed by atoms with Crippen LogP contribution in [0.3, 0.4) is 0 Å². The molecule has 7 heteroatoms. The Bertz CT molecular complexity index is 1300. The van der Waals surface area contributed by atoms with Crippen molar-refractivity contribution in [2.45, 2.75) is 12.5 Å². The Labute approximate surface area is 204 Å². The average Bonchev–Trinajstić information content (AvgIpc) is 3.56. The molecule has 2 N–H and O–H groups in total. The van der Waals surface area contributed by atoms with Crippen LogP contribution in [0.1, 0.15) is 23.6 Å². The largest absolute Gasteiger partial charge is 0.395 e. The van der Waals surface area contributed by atoms with Crippen molar-refractivity contribution in [1.82, 2.24) is 20.1 Å². The van der Waals surface area contributed by atoms with Crippen molar-refractivity contribution < 1.29 is 9.90 Å². The summed E-state index contributed by atoms with van der Waals surface area (Å²) in [7, 11) is 0. The lowest BCUT2D eigenvalue weighted by atomic mass is 9.96. The zero-order chi connectivity index (χ0) is 24.0. The van der Waals surface area contributed by atoms with Crippen LogP contribution in [0.5, 0.6) is 0 Å². The van der Waals surface area contributed by atoms with Crippen molar-refractivity contribution in [3.05, 3.63) is 108 Å². The Balaban J connectivity index is 1.57. The second-order valence-corrected chi connectivity index (χ2v) is 8.35. The van der Waals surface area contributed by atoms with Crippen LogP contribution >= 0.6 is 0 Å². The van der Waals surface area contributed by atoms with E-state index in [0.29, 0.717) is 13.0 Å². The fourth-order valence-electron chi connectivity index (χ4n) is 4.31. The third kappa shape index (κ3) is 4.91. The number of hydrogen-bond donors (Lipinski definition) is 2. The Hall–Kier alpha value is -4.07. The van der Waals surface area contributed by atoms with E-state index >= 15 is 0 Å². The maximum Gasteiger partial charge on any atom is 0.257 e. The number of carbonyl (C=O) groups excluding carboxylic acids is 1. The van der Waals surface area contributed by atoms with Crippen molar-refractivity contribution in [2.24, 2.45) is 5.10 Å². The third-order valence-corrected chi connectivity index (χ3v) is 6.01. The number of para-hydroxylation sites is 1. The van der Waals surface area contributed by atoms with Crippen LogP contribution in [0.25, 0.3) is 16.9 Å². The summed E-state index contributed by atoms with van der Waals surface area (Å²) < 4.78 is 1.87. The molecule has 176 valence electrons. The van der Waals surface area contributed by atoms with Gasteiger partial charge in [-0.25, -0.2) is 9.69 Å². The number of hydrogen-bond acceptors (Lipinski definition) is 5. The number of nitrogens with one attached hydrogen (secondary N) is 1. The minimum Gasteiger partial charge on any atom is -0.395 e. The minimum absolute atomic E-state index is 0.0305. The lowest BCUT2D eigenvalue weighted by Crippen LogP contribution is -2.36. The molecule has 5 rings (SSSR count). The van der Waals surface area contributed by atoms with E-state index < -0.39 is 0 Å². The molecule has 0 aliphatic carbocycles. The summed E-state index contributed by atoms with van der Waals surface area (Å²) in [5.41, 5.74) is 5.54. The monoisotopic (exact) mass is 465 g/mol. The number of carbonyl (C=O) groups is 1. The van der Waals surface area contributed by atoms with Gasteiger partial charge in [-0.1, -0.05) is 78.9 Å². The molecular formula is C28H27N5O2. The number of hydrazone groups is 1. The molecule has 0 unspecified atom stereocenters. The van der Waals surface area contributed by atoms with E-state index in [4.69, 9.17) is 15.3 Å². The number of aliphatic hydroxyl groups excluding tert-OH is 1. The number of amides is 1. The summed E-state index contributed by atoms with van der Waals surface area (Å²) in [5, 5.41) is 23.4. The molecule has 0 bridgehead atoms. The van der Waals surface area contributed by atoms with Crippen molar-refractivity contribution in [3.63, 3.8) is 0 Å². The highest BCUT2D eigenvalue weighted by molar-refractivity contribution is 6.03. The van der Waals surface area contributed by atoms with Gasteiger partial charge in [-0.05, 0) is 17.7 Å². The molecule has 0 spiro atoms. The molecule has 1 atom stereocenters. The van der Waals surface area contributed by atoms with E-state index in [1.165, 1.54) is 0 Å². The average molecular weight is 466 g/mol. The predicted octanol–water partition coefficient (Wildman–Crippen LogP) is 3.80. The van der Waals surface area contributed by atoms with Crippen LogP contribution in [0, 0.1) is 0 Å². The van der Waals surface area contributed by atoms with Gasteiger partial charge in [0.15, 0.2) is 0 Å². The molecule has 1 aromatic heterocycles. The zero-order valence-corrected chi connectivity index (χ0v) is 19.3. The summed E-state index contributed by atoms with van der Waals surface area (Å²) >= 11 is 0. The maximum absolute atomic E-state index is 13.3. The standard InChI is InChI=1S/C28H27N5O2/c34-17-16-29-19-27(35)33-26(18-25(30-33)21-10-4-1-5-11-21)24-20-32(23-14-8-3-9-15-23)31-28(24)22-12-6-2-7-13-22/h1-15,20,26,29,34H,16-19H2/t26-/m0/s1. The first-order valence-electron chi connectivity index (χ1n) is 11.7. The highest BCUT2D eigenvalue weighted by Gasteiger charge is 2.35. The third-order valence-electron chi connectivity index (χ3n) is 6.01. The van der Waals surface area contributed by atoms with E-state index in [1.807, 2.05) is 102 Å². The van der Waals surface area contributed by atoms with Gasteiger partial charge in [0.2, 0.25) is 0 Å². The van der Waals surface area contributed by atoms with Crippen LogP contribution in [-0.4, -0.2) is 51.2 Å². The van der Waals surface area contributed by atoms with Gasteiger partial charge in [-0.3, -0.25) is 4.79 Å². The maximum atomic E-state index is 13.3. The molecule has 7 nitrogen and oxygen atoms in total. The molecule has 4 aromatic rings. The lowest BCUT2D eigenvalue weighted by Gasteiger charge is -2.22. The normalized spacial score (nSPS) is 15.3. The minimum atomic E-state index is -0.304. The quantitative estimate of drug-likeness (QED) is 0.388. The summed E-state index contributed by atoms with van der Waals surface area (Å²) in [6.07, 6.45) is 2.59. The van der Waals surface area contributed by atoms with Crippen molar-refractivity contribution in [1.29, 1.82) is 0 Å². The van der Waals surface area contributed by atoms with Gasteiger partial charge in [0.1, 0.15) is 0 Å². The van der Waals surface area contributed by atoms with Crippen LogP contribution in [0.2, 0.25) is 0 Å². The molecular weight excluding hydrogens is 438 g/mol. The molecule has 1 amide bonds. The first-order valence-corrected chi connectivity index (χ1v) is 11.7. The highest BCUT2D eigenvalue weighted by atomic mass is 16.3. The first kappa shape index (κ1) is 22.7. The zero-order valence-electron chi connectivity index (χ0n) is 19.3. The van der Waals surface area contributed by atoms with E-state index in [9.17, 15) is 4.79 Å². The summed E-state index contributed by atoms with van der Waals surface area (Å²) in [5.74, 6) is -0.152. The van der Waals surface area contributed by atoms with Crippen molar-refractivity contribution in [3.8, 4) is 16.9 Å². The second kappa shape index (κ2) is 10.5. The smallest absolute Gasteiger partial charge is 0.257 e. The summed E-state index contributed by atoms with van der Waals surface area (Å²) in [6, 6.07) is 29.6. The lowest BCUT2D eigenvalue weighted by molar-refractivity contribution is -0.132. The van der Waals surface area contributed by atoms with Gasteiger partial charge in [0.25, 0.3) is 5.91 Å². The Kier molecular flexibility index (Phi) is 6.79. The molecule has 0 saturated heterocycles. The SMILES string of the molecule is O=C(CNCCO)N1N=C(c2ccccc2)C[C@H]1c1cn(-c2ccccc2)nc1-c1ccccc1. The van der Waals surface area contributed by atoms with Crippen molar-refractivity contribution >= 4 is 11.6 Å². The summed E-state index contributed by atoms with van der Waals surface area (Å²) in [4.78, 5) is 13.3. The molecule has 2 heterocycles. The fourth-order valence-corrected chi connectivity index (χ4v) is 4.31. The molecule has 0 saturated carbocycles. The van der Waals surface area contributed by atoms with E-state index in [1.54, 1.807) is 5.01 Å². The number of aliphatic hydroxyl groups is 1. The van der Waals surface area contributed by atoms with Crippen LogP contribution in [-0.2, 0) is 4.79 Å².